The second-order valence-corrected chi connectivity index (χ2v) is 6.62. The lowest BCUT2D eigenvalue weighted by Crippen LogP contribution is -2.08. The van der Waals surface area contributed by atoms with Crippen LogP contribution in [0.1, 0.15) is 35.3 Å². The second-order valence-electron chi connectivity index (χ2n) is 4.74. The number of nitrogens with one attached hydrogen (secondary N) is 1. The highest BCUT2D eigenvalue weighted by atomic mass is 79.9. The monoisotopic (exact) mass is 338 g/mol. The molecule has 1 N–H and O–H groups in total. The quantitative estimate of drug-likeness (QED) is 0.847. The molecule has 1 fully saturated rings. The Morgan fingerprint density at radius 2 is 2.21 bits per heavy atom. The van der Waals surface area contributed by atoms with Crippen molar-refractivity contribution in [2.75, 3.05) is 11.9 Å². The fourth-order valence-electron chi connectivity index (χ4n) is 1.89. The summed E-state index contributed by atoms with van der Waals surface area (Å²) in [6.07, 6.45) is 3.35. The van der Waals surface area contributed by atoms with Gasteiger partial charge in [-0.15, -0.1) is 11.3 Å². The number of hydrogen-bond donors (Lipinski definition) is 1. The van der Waals surface area contributed by atoms with E-state index in [1.807, 2.05) is 13.0 Å². The first kappa shape index (κ1) is 13.0. The fraction of sp³-hybridized carbons (Fsp3) is 0.462. The smallest absolute Gasteiger partial charge is 0.135 e. The van der Waals surface area contributed by atoms with Crippen LogP contribution >= 0.6 is 27.3 Å². The van der Waals surface area contributed by atoms with E-state index in [2.05, 4.69) is 41.6 Å². The van der Waals surface area contributed by atoms with Gasteiger partial charge in [0.2, 0.25) is 0 Å². The number of anilines is 1. The van der Waals surface area contributed by atoms with Crippen molar-refractivity contribution in [3.63, 3.8) is 0 Å². The van der Waals surface area contributed by atoms with Crippen LogP contribution in [0.2, 0.25) is 0 Å². The highest BCUT2D eigenvalue weighted by Crippen LogP contribution is 2.38. The molecule has 2 aromatic heterocycles. The summed E-state index contributed by atoms with van der Waals surface area (Å²) >= 11 is 5.14. The van der Waals surface area contributed by atoms with E-state index in [1.165, 1.54) is 12.8 Å². The van der Waals surface area contributed by atoms with E-state index >= 15 is 0 Å². The zero-order valence-corrected chi connectivity index (χ0v) is 13.1. The van der Waals surface area contributed by atoms with Crippen molar-refractivity contribution in [1.29, 1.82) is 0 Å². The summed E-state index contributed by atoms with van der Waals surface area (Å²) in [6.45, 7) is 2.88. The largest absolute Gasteiger partial charge is 0.370 e. The molecule has 100 valence electrons. The molecule has 2 heterocycles. The van der Waals surface area contributed by atoms with Gasteiger partial charge >= 0.3 is 0 Å². The third-order valence-corrected chi connectivity index (χ3v) is 4.24. The van der Waals surface area contributed by atoms with Crippen LogP contribution in [0.4, 0.5) is 5.82 Å². The fourth-order valence-corrected chi connectivity index (χ4v) is 2.94. The molecule has 6 heteroatoms. The van der Waals surface area contributed by atoms with E-state index in [0.29, 0.717) is 5.92 Å². The van der Waals surface area contributed by atoms with Gasteiger partial charge in [0.1, 0.15) is 16.2 Å². The third-order valence-electron chi connectivity index (χ3n) is 3.01. The maximum absolute atomic E-state index is 4.56. The molecule has 1 aliphatic rings. The van der Waals surface area contributed by atoms with Crippen LogP contribution in [0.3, 0.4) is 0 Å². The van der Waals surface area contributed by atoms with Crippen LogP contribution in [-0.4, -0.2) is 21.5 Å². The van der Waals surface area contributed by atoms with Crippen LogP contribution in [0.5, 0.6) is 0 Å². The predicted molar refractivity (Wildman–Crippen MR) is 80.8 cm³/mol. The number of aromatic nitrogens is 3. The highest BCUT2D eigenvalue weighted by Gasteiger charge is 2.27. The van der Waals surface area contributed by atoms with E-state index in [0.717, 1.165) is 39.9 Å². The van der Waals surface area contributed by atoms with Crippen molar-refractivity contribution in [3.8, 4) is 0 Å². The summed E-state index contributed by atoms with van der Waals surface area (Å²) in [6, 6.07) is 1.93. The van der Waals surface area contributed by atoms with Gasteiger partial charge in [-0.1, -0.05) is 0 Å². The molecule has 0 aromatic carbocycles. The highest BCUT2D eigenvalue weighted by molar-refractivity contribution is 9.10. The van der Waals surface area contributed by atoms with Gasteiger partial charge in [-0.25, -0.2) is 15.0 Å². The number of nitrogens with zero attached hydrogens (tertiary/aromatic N) is 3. The molecule has 0 spiro atoms. The van der Waals surface area contributed by atoms with Crippen molar-refractivity contribution in [1.82, 2.24) is 15.0 Å². The molecule has 2 aromatic rings. The Morgan fingerprint density at radius 1 is 1.37 bits per heavy atom. The molecule has 0 radical (unpaired) electrons. The molecule has 3 rings (SSSR count). The Kier molecular flexibility index (Phi) is 3.79. The van der Waals surface area contributed by atoms with Crippen LogP contribution < -0.4 is 5.32 Å². The number of thiazole rings is 1. The minimum Gasteiger partial charge on any atom is -0.370 e. The minimum atomic E-state index is 0.569. The maximum Gasteiger partial charge on any atom is 0.135 e. The molecule has 0 atom stereocenters. The van der Waals surface area contributed by atoms with Gasteiger partial charge in [0.15, 0.2) is 0 Å². The number of aryl methyl sites for hydroxylation is 1. The second kappa shape index (κ2) is 5.54. The van der Waals surface area contributed by atoms with E-state index in [-0.39, 0.29) is 0 Å². The molecule has 0 amide bonds. The molecule has 0 saturated heterocycles. The normalized spacial score (nSPS) is 14.6. The van der Waals surface area contributed by atoms with Crippen molar-refractivity contribution in [2.45, 2.75) is 32.1 Å². The standard InChI is InChI=1S/C13H15BrN4S/c1-8-16-10(7-19-8)4-5-15-12-6-11(14)17-13(18-12)9-2-3-9/h6-7,9H,2-5H2,1H3,(H,15,17,18). The van der Waals surface area contributed by atoms with Crippen molar-refractivity contribution >= 4 is 33.1 Å². The number of rotatable bonds is 5. The van der Waals surface area contributed by atoms with E-state index in [1.54, 1.807) is 11.3 Å². The van der Waals surface area contributed by atoms with Crippen LogP contribution in [-0.2, 0) is 6.42 Å². The SMILES string of the molecule is Cc1nc(CCNc2cc(Br)nc(C3CC3)n2)cs1. The Morgan fingerprint density at radius 3 is 2.89 bits per heavy atom. The molecule has 0 aliphatic heterocycles. The van der Waals surface area contributed by atoms with Gasteiger partial charge in [0.25, 0.3) is 0 Å². The Balaban J connectivity index is 1.60. The topological polar surface area (TPSA) is 50.7 Å². The molecule has 1 aliphatic carbocycles. The first-order valence-electron chi connectivity index (χ1n) is 6.40. The first-order valence-corrected chi connectivity index (χ1v) is 8.07. The lowest BCUT2D eigenvalue weighted by atomic mass is 10.3. The van der Waals surface area contributed by atoms with Gasteiger partial charge in [0.05, 0.1) is 10.7 Å². The Bertz CT molecular complexity index is 580. The lowest BCUT2D eigenvalue weighted by Gasteiger charge is -2.06. The van der Waals surface area contributed by atoms with Gasteiger partial charge in [0, 0.05) is 30.3 Å². The number of hydrogen-bond acceptors (Lipinski definition) is 5. The van der Waals surface area contributed by atoms with Crippen LogP contribution in [0.15, 0.2) is 16.0 Å². The predicted octanol–water partition coefficient (Wildman–Crippen LogP) is 3.54. The third kappa shape index (κ3) is 3.51. The summed E-state index contributed by atoms with van der Waals surface area (Å²) in [5, 5.41) is 6.58. The van der Waals surface area contributed by atoms with E-state index in [4.69, 9.17) is 0 Å². The summed E-state index contributed by atoms with van der Waals surface area (Å²) in [5.74, 6) is 2.43. The summed E-state index contributed by atoms with van der Waals surface area (Å²) < 4.78 is 0.858. The molecule has 1 saturated carbocycles. The number of halogens is 1. The first-order chi connectivity index (χ1) is 9.20. The summed E-state index contributed by atoms with van der Waals surface area (Å²) in [4.78, 5) is 13.4. The summed E-state index contributed by atoms with van der Waals surface area (Å²) in [5.41, 5.74) is 1.14. The molecular weight excluding hydrogens is 324 g/mol. The minimum absolute atomic E-state index is 0.569. The molecule has 0 bridgehead atoms. The van der Waals surface area contributed by atoms with Crippen LogP contribution in [0.25, 0.3) is 0 Å². The van der Waals surface area contributed by atoms with Gasteiger partial charge in [-0.05, 0) is 35.7 Å². The Hall–Kier alpha value is -1.01. The zero-order chi connectivity index (χ0) is 13.2. The average molecular weight is 339 g/mol. The van der Waals surface area contributed by atoms with Crippen LogP contribution in [0, 0.1) is 6.92 Å². The van der Waals surface area contributed by atoms with Crippen molar-refractivity contribution in [2.24, 2.45) is 0 Å². The lowest BCUT2D eigenvalue weighted by molar-refractivity contribution is 0.900. The maximum atomic E-state index is 4.56. The van der Waals surface area contributed by atoms with Gasteiger partial charge in [-0.2, -0.15) is 0 Å². The average Bonchev–Trinajstić information content (AvgIpc) is 3.13. The Labute approximate surface area is 124 Å². The summed E-state index contributed by atoms with van der Waals surface area (Å²) in [7, 11) is 0. The van der Waals surface area contributed by atoms with Gasteiger partial charge in [-0.3, -0.25) is 0 Å². The molecule has 0 unspecified atom stereocenters. The molecule has 4 nitrogen and oxygen atoms in total. The van der Waals surface area contributed by atoms with Gasteiger partial charge < -0.3 is 5.32 Å². The zero-order valence-electron chi connectivity index (χ0n) is 10.7. The molecule has 19 heavy (non-hydrogen) atoms. The molecular formula is C13H15BrN4S. The van der Waals surface area contributed by atoms with Crippen molar-refractivity contribution < 1.29 is 0 Å². The van der Waals surface area contributed by atoms with E-state index < -0.39 is 0 Å². The van der Waals surface area contributed by atoms with E-state index in [9.17, 15) is 0 Å². The van der Waals surface area contributed by atoms with Crippen molar-refractivity contribution in [3.05, 3.63) is 32.6 Å².